The van der Waals surface area contributed by atoms with Crippen molar-refractivity contribution >= 4 is 21.9 Å². The Hall–Kier alpha value is -1.10. The lowest BCUT2D eigenvalue weighted by Gasteiger charge is -2.37. The van der Waals surface area contributed by atoms with Crippen LogP contribution in [0.5, 0.6) is 0 Å². The monoisotopic (exact) mass is 325 g/mol. The molecule has 1 heterocycles. The summed E-state index contributed by atoms with van der Waals surface area (Å²) < 4.78 is 13.7. The Kier molecular flexibility index (Phi) is 3.73. The van der Waals surface area contributed by atoms with Gasteiger partial charge in [-0.05, 0) is 58.8 Å². The zero-order valence-corrected chi connectivity index (χ0v) is 12.2. The van der Waals surface area contributed by atoms with Crippen molar-refractivity contribution in [3.63, 3.8) is 0 Å². The van der Waals surface area contributed by atoms with Crippen molar-refractivity contribution in [1.29, 1.82) is 0 Å². The molecule has 0 spiro atoms. The Bertz CT molecular complexity index is 497. The molecule has 102 valence electrons. The highest BCUT2D eigenvalue weighted by Crippen LogP contribution is 2.38. The lowest BCUT2D eigenvalue weighted by Crippen LogP contribution is -2.50. The van der Waals surface area contributed by atoms with Crippen molar-refractivity contribution in [2.24, 2.45) is 4.99 Å². The van der Waals surface area contributed by atoms with Crippen LogP contribution in [0.25, 0.3) is 0 Å². The van der Waals surface area contributed by atoms with E-state index < -0.39 is 0 Å². The number of nitrogens with one attached hydrogen (secondary N) is 2. The third kappa shape index (κ3) is 2.91. The number of nitrogens with zero attached hydrogens (tertiary/aromatic N) is 1. The van der Waals surface area contributed by atoms with Crippen LogP contribution in [0.2, 0.25) is 0 Å². The van der Waals surface area contributed by atoms with Gasteiger partial charge in [0.1, 0.15) is 5.82 Å². The first-order valence-corrected chi connectivity index (χ1v) is 7.51. The minimum absolute atomic E-state index is 0.196. The summed E-state index contributed by atoms with van der Waals surface area (Å²) in [5, 5.41) is 6.71. The van der Waals surface area contributed by atoms with Gasteiger partial charge in [0.25, 0.3) is 0 Å². The smallest absolute Gasteiger partial charge is 0.191 e. The molecule has 0 aromatic heterocycles. The molecule has 0 saturated heterocycles. The van der Waals surface area contributed by atoms with Crippen molar-refractivity contribution < 1.29 is 4.39 Å². The normalized spacial score (nSPS) is 26.1. The predicted molar refractivity (Wildman–Crippen MR) is 77.9 cm³/mol. The zero-order chi connectivity index (χ0) is 13.2. The molecule has 1 aliphatic heterocycles. The summed E-state index contributed by atoms with van der Waals surface area (Å²) in [6.07, 6.45) is 3.28. The first kappa shape index (κ1) is 12.9. The van der Waals surface area contributed by atoms with Crippen molar-refractivity contribution in [3.8, 4) is 0 Å². The number of benzene rings is 1. The summed E-state index contributed by atoms with van der Waals surface area (Å²) in [4.78, 5) is 4.41. The average Bonchev–Trinajstić information content (AvgIpc) is 2.38. The third-order valence-electron chi connectivity index (χ3n) is 3.79. The molecule has 2 aliphatic rings. The van der Waals surface area contributed by atoms with Gasteiger partial charge < -0.3 is 10.6 Å². The van der Waals surface area contributed by atoms with Crippen LogP contribution in [-0.2, 0) is 0 Å². The summed E-state index contributed by atoms with van der Waals surface area (Å²) in [6.45, 7) is 1.92. The van der Waals surface area contributed by atoms with E-state index in [0.29, 0.717) is 16.4 Å². The summed E-state index contributed by atoms with van der Waals surface area (Å²) in [6, 6.07) is 5.80. The van der Waals surface area contributed by atoms with E-state index in [1.165, 1.54) is 11.6 Å². The molecule has 0 bridgehead atoms. The molecule has 0 amide bonds. The topological polar surface area (TPSA) is 36.4 Å². The maximum atomic E-state index is 13.2. The van der Waals surface area contributed by atoms with Crippen LogP contribution < -0.4 is 10.6 Å². The Labute approximate surface area is 120 Å². The number of hydrogen-bond acceptors (Lipinski definition) is 3. The van der Waals surface area contributed by atoms with E-state index in [9.17, 15) is 4.39 Å². The third-order valence-corrected chi connectivity index (χ3v) is 4.40. The quantitative estimate of drug-likeness (QED) is 0.877. The van der Waals surface area contributed by atoms with Crippen LogP contribution in [0.4, 0.5) is 4.39 Å². The van der Waals surface area contributed by atoms with E-state index in [1.807, 2.05) is 12.1 Å². The van der Waals surface area contributed by atoms with E-state index in [-0.39, 0.29) is 5.82 Å². The fourth-order valence-corrected chi connectivity index (χ4v) is 2.99. The Morgan fingerprint density at radius 3 is 2.89 bits per heavy atom. The van der Waals surface area contributed by atoms with E-state index >= 15 is 0 Å². The number of aliphatic imine (C=N–C) groups is 1. The molecule has 1 fully saturated rings. The fourth-order valence-electron chi connectivity index (χ4n) is 2.60. The fraction of sp³-hybridized carbons (Fsp3) is 0.500. The number of hydrogen-bond donors (Lipinski definition) is 2. The van der Waals surface area contributed by atoms with Gasteiger partial charge in [-0.1, -0.05) is 6.07 Å². The van der Waals surface area contributed by atoms with Crippen LogP contribution in [0.15, 0.2) is 27.7 Å². The average molecular weight is 326 g/mol. The molecule has 0 atom stereocenters. The molecule has 19 heavy (non-hydrogen) atoms. The van der Waals surface area contributed by atoms with Crippen LogP contribution in [0.3, 0.4) is 0 Å². The molecule has 3 rings (SSSR count). The van der Waals surface area contributed by atoms with Gasteiger partial charge in [-0.3, -0.25) is 4.99 Å². The Morgan fingerprint density at radius 2 is 2.21 bits per heavy atom. The second kappa shape index (κ2) is 5.49. The Balaban J connectivity index is 1.54. The predicted octanol–water partition coefficient (Wildman–Crippen LogP) is 2.77. The minimum Gasteiger partial charge on any atom is -0.356 e. The first-order chi connectivity index (χ1) is 9.22. The number of halogens is 2. The Morgan fingerprint density at radius 1 is 1.37 bits per heavy atom. The van der Waals surface area contributed by atoms with Crippen LogP contribution in [0, 0.1) is 5.82 Å². The SMILES string of the molecule is Fc1ccc(C2CC(NC3=NCCCN3)C2)cc1Br. The summed E-state index contributed by atoms with van der Waals surface area (Å²) in [7, 11) is 0. The summed E-state index contributed by atoms with van der Waals surface area (Å²) in [5.41, 5.74) is 1.21. The number of guanidine groups is 1. The lowest BCUT2D eigenvalue weighted by atomic mass is 9.76. The van der Waals surface area contributed by atoms with Crippen molar-refractivity contribution in [3.05, 3.63) is 34.1 Å². The second-order valence-electron chi connectivity index (χ2n) is 5.19. The van der Waals surface area contributed by atoms with Gasteiger partial charge in [-0.15, -0.1) is 0 Å². The highest BCUT2D eigenvalue weighted by Gasteiger charge is 2.31. The van der Waals surface area contributed by atoms with E-state index in [1.54, 1.807) is 0 Å². The molecular weight excluding hydrogens is 309 g/mol. The minimum atomic E-state index is -0.196. The molecule has 0 radical (unpaired) electrons. The second-order valence-corrected chi connectivity index (χ2v) is 6.05. The van der Waals surface area contributed by atoms with Gasteiger partial charge in [0.05, 0.1) is 4.47 Å². The molecule has 5 heteroatoms. The van der Waals surface area contributed by atoms with Gasteiger partial charge in [0, 0.05) is 19.1 Å². The molecule has 2 N–H and O–H groups in total. The molecule has 1 aromatic rings. The molecular formula is C14H17BrFN3. The van der Waals surface area contributed by atoms with Crippen molar-refractivity contribution in [2.75, 3.05) is 13.1 Å². The van der Waals surface area contributed by atoms with E-state index in [2.05, 4.69) is 31.6 Å². The standard InChI is InChI=1S/C14H17BrFN3/c15-12-8-9(2-3-13(12)16)10-6-11(7-10)19-14-17-4-1-5-18-14/h2-3,8,10-11H,1,4-7H2,(H2,17,18,19). The summed E-state index contributed by atoms with van der Waals surface area (Å²) >= 11 is 3.24. The van der Waals surface area contributed by atoms with Gasteiger partial charge in [-0.25, -0.2) is 4.39 Å². The number of rotatable bonds is 2. The molecule has 1 aliphatic carbocycles. The molecule has 0 unspecified atom stereocenters. The van der Waals surface area contributed by atoms with Crippen LogP contribution in [0.1, 0.15) is 30.7 Å². The van der Waals surface area contributed by atoms with Crippen molar-refractivity contribution in [1.82, 2.24) is 10.6 Å². The zero-order valence-electron chi connectivity index (χ0n) is 10.6. The first-order valence-electron chi connectivity index (χ1n) is 6.72. The maximum Gasteiger partial charge on any atom is 0.191 e. The van der Waals surface area contributed by atoms with E-state index in [4.69, 9.17) is 0 Å². The van der Waals surface area contributed by atoms with Crippen molar-refractivity contribution in [2.45, 2.75) is 31.2 Å². The van der Waals surface area contributed by atoms with E-state index in [0.717, 1.165) is 38.3 Å². The van der Waals surface area contributed by atoms with Gasteiger partial charge in [0.2, 0.25) is 0 Å². The highest BCUT2D eigenvalue weighted by molar-refractivity contribution is 9.10. The van der Waals surface area contributed by atoms with Gasteiger partial charge in [0.15, 0.2) is 5.96 Å². The molecule has 1 saturated carbocycles. The van der Waals surface area contributed by atoms with Crippen LogP contribution in [-0.4, -0.2) is 25.1 Å². The maximum absolute atomic E-state index is 13.2. The lowest BCUT2D eigenvalue weighted by molar-refractivity contribution is 0.321. The van der Waals surface area contributed by atoms with Crippen LogP contribution >= 0.6 is 15.9 Å². The largest absolute Gasteiger partial charge is 0.356 e. The highest BCUT2D eigenvalue weighted by atomic mass is 79.9. The summed E-state index contributed by atoms with van der Waals surface area (Å²) in [5.74, 6) is 1.27. The molecule has 3 nitrogen and oxygen atoms in total. The molecule has 1 aromatic carbocycles. The van der Waals surface area contributed by atoms with Gasteiger partial charge >= 0.3 is 0 Å². The van der Waals surface area contributed by atoms with Gasteiger partial charge in [-0.2, -0.15) is 0 Å².